The first-order valence-electron chi connectivity index (χ1n) is 10.7. The normalized spacial score (nSPS) is 20.7. The van der Waals surface area contributed by atoms with E-state index in [9.17, 15) is 14.4 Å². The Bertz CT molecular complexity index is 990. The molecule has 8 nitrogen and oxygen atoms in total. The van der Waals surface area contributed by atoms with Crippen molar-refractivity contribution in [1.29, 1.82) is 0 Å². The first-order valence-corrected chi connectivity index (χ1v) is 10.7. The summed E-state index contributed by atoms with van der Waals surface area (Å²) in [6, 6.07) is 12.8. The van der Waals surface area contributed by atoms with E-state index in [0.29, 0.717) is 30.0 Å². The number of fused-ring (bicyclic) bond motifs is 1. The monoisotopic (exact) mass is 437 g/mol. The minimum Gasteiger partial charge on any atom is -0.497 e. The van der Waals surface area contributed by atoms with Crippen LogP contribution >= 0.6 is 0 Å². The van der Waals surface area contributed by atoms with Gasteiger partial charge in [0.15, 0.2) is 5.78 Å². The van der Waals surface area contributed by atoms with Crippen molar-refractivity contribution in [1.82, 2.24) is 15.1 Å². The molecule has 0 saturated carbocycles. The van der Waals surface area contributed by atoms with Crippen LogP contribution in [0, 0.1) is 0 Å². The maximum Gasteiger partial charge on any atom is 0.327 e. The molecule has 2 aromatic rings. The Labute approximate surface area is 187 Å². The van der Waals surface area contributed by atoms with Crippen LogP contribution in [0.4, 0.5) is 4.79 Å². The SMILES string of the molecule is COc1ccc(CN2C(=O)C3NCCCC3N(CC(=O)c3ccc(OC)cc3)C2=O)cc1. The number of methoxy groups -OCH3 is 2. The molecule has 2 atom stereocenters. The topological polar surface area (TPSA) is 88.2 Å². The largest absolute Gasteiger partial charge is 0.497 e. The van der Waals surface area contributed by atoms with Crippen molar-refractivity contribution in [3.8, 4) is 11.5 Å². The van der Waals surface area contributed by atoms with Crippen molar-refractivity contribution in [2.24, 2.45) is 0 Å². The predicted octanol–water partition coefficient (Wildman–Crippen LogP) is 2.47. The third-order valence-corrected chi connectivity index (χ3v) is 6.06. The molecule has 0 aromatic heterocycles. The minimum absolute atomic E-state index is 0.0829. The van der Waals surface area contributed by atoms with Gasteiger partial charge >= 0.3 is 6.03 Å². The molecule has 2 aliphatic heterocycles. The molecule has 8 heteroatoms. The highest BCUT2D eigenvalue weighted by Crippen LogP contribution is 2.27. The highest BCUT2D eigenvalue weighted by Gasteiger charge is 2.47. The molecule has 2 aliphatic rings. The Morgan fingerprint density at radius 1 is 1.00 bits per heavy atom. The summed E-state index contributed by atoms with van der Waals surface area (Å²) in [6.45, 7) is 0.762. The summed E-state index contributed by atoms with van der Waals surface area (Å²) in [5.74, 6) is 0.932. The fourth-order valence-corrected chi connectivity index (χ4v) is 4.29. The number of urea groups is 1. The molecule has 0 spiro atoms. The van der Waals surface area contributed by atoms with Crippen molar-refractivity contribution in [2.45, 2.75) is 31.5 Å². The molecule has 0 radical (unpaired) electrons. The molecular formula is C24H27N3O5. The fraction of sp³-hybridized carbons (Fsp3) is 0.375. The van der Waals surface area contributed by atoms with Crippen LogP contribution in [0.1, 0.15) is 28.8 Å². The lowest BCUT2D eigenvalue weighted by Crippen LogP contribution is -2.69. The quantitative estimate of drug-likeness (QED) is 0.670. The van der Waals surface area contributed by atoms with Crippen LogP contribution in [-0.2, 0) is 11.3 Å². The van der Waals surface area contributed by atoms with Crippen molar-refractivity contribution in [2.75, 3.05) is 27.3 Å². The van der Waals surface area contributed by atoms with Gasteiger partial charge in [0, 0.05) is 5.56 Å². The van der Waals surface area contributed by atoms with E-state index in [0.717, 1.165) is 12.0 Å². The first kappa shape index (κ1) is 21.8. The van der Waals surface area contributed by atoms with E-state index >= 15 is 0 Å². The van der Waals surface area contributed by atoms with Crippen molar-refractivity contribution >= 4 is 17.7 Å². The molecule has 2 heterocycles. The summed E-state index contributed by atoms with van der Waals surface area (Å²) in [5.41, 5.74) is 1.31. The van der Waals surface area contributed by atoms with Crippen molar-refractivity contribution in [3.63, 3.8) is 0 Å². The van der Waals surface area contributed by atoms with Gasteiger partial charge in [0.2, 0.25) is 5.91 Å². The Morgan fingerprint density at radius 3 is 2.25 bits per heavy atom. The molecule has 3 amide bonds. The van der Waals surface area contributed by atoms with Crippen LogP contribution < -0.4 is 14.8 Å². The van der Waals surface area contributed by atoms with E-state index in [2.05, 4.69) is 5.32 Å². The highest BCUT2D eigenvalue weighted by atomic mass is 16.5. The van der Waals surface area contributed by atoms with Gasteiger partial charge in [0.05, 0.1) is 33.4 Å². The molecule has 4 rings (SSSR count). The third-order valence-electron chi connectivity index (χ3n) is 6.06. The van der Waals surface area contributed by atoms with Crippen molar-refractivity contribution in [3.05, 3.63) is 59.7 Å². The number of rotatable bonds is 7. The Hall–Kier alpha value is -3.39. The van der Waals surface area contributed by atoms with Gasteiger partial charge in [-0.25, -0.2) is 4.79 Å². The van der Waals surface area contributed by atoms with Crippen LogP contribution in [0.25, 0.3) is 0 Å². The van der Waals surface area contributed by atoms with E-state index in [1.807, 2.05) is 12.1 Å². The van der Waals surface area contributed by atoms with Crippen LogP contribution in [0.5, 0.6) is 11.5 Å². The number of carbonyl (C=O) groups excluding carboxylic acids is 3. The number of Topliss-reactive ketones (excluding diaryl/α,β-unsaturated/α-hetero) is 1. The average molecular weight is 437 g/mol. The molecule has 32 heavy (non-hydrogen) atoms. The number of piperidine rings is 1. The number of amides is 3. The number of ketones is 1. The number of imide groups is 1. The van der Waals surface area contributed by atoms with Gasteiger partial charge in [-0.1, -0.05) is 12.1 Å². The van der Waals surface area contributed by atoms with Gasteiger partial charge in [0.1, 0.15) is 17.5 Å². The number of ether oxygens (including phenoxy) is 2. The van der Waals surface area contributed by atoms with E-state index in [-0.39, 0.29) is 30.8 Å². The minimum atomic E-state index is -0.511. The maximum absolute atomic E-state index is 13.4. The van der Waals surface area contributed by atoms with Gasteiger partial charge in [-0.3, -0.25) is 14.5 Å². The number of hydrogen-bond acceptors (Lipinski definition) is 6. The average Bonchev–Trinajstić information content (AvgIpc) is 2.84. The van der Waals surface area contributed by atoms with E-state index in [1.165, 1.54) is 4.90 Å². The van der Waals surface area contributed by atoms with Gasteiger partial charge in [-0.2, -0.15) is 0 Å². The molecule has 0 bridgehead atoms. The zero-order chi connectivity index (χ0) is 22.7. The van der Waals surface area contributed by atoms with Gasteiger partial charge in [0.25, 0.3) is 0 Å². The summed E-state index contributed by atoms with van der Waals surface area (Å²) in [4.78, 5) is 42.3. The van der Waals surface area contributed by atoms with E-state index in [4.69, 9.17) is 9.47 Å². The second-order valence-electron chi connectivity index (χ2n) is 7.98. The lowest BCUT2D eigenvalue weighted by molar-refractivity contribution is -0.137. The summed E-state index contributed by atoms with van der Waals surface area (Å²) in [6.07, 6.45) is 1.52. The molecule has 168 valence electrons. The number of nitrogens with zero attached hydrogens (tertiary/aromatic N) is 2. The van der Waals surface area contributed by atoms with E-state index in [1.54, 1.807) is 55.5 Å². The predicted molar refractivity (Wildman–Crippen MR) is 118 cm³/mol. The molecule has 2 unspecified atom stereocenters. The molecule has 1 N–H and O–H groups in total. The summed E-state index contributed by atoms with van der Waals surface area (Å²) in [5, 5.41) is 3.25. The number of benzene rings is 2. The lowest BCUT2D eigenvalue weighted by atomic mass is 9.92. The number of carbonyl (C=O) groups is 3. The molecule has 2 fully saturated rings. The van der Waals surface area contributed by atoms with Crippen LogP contribution in [0.3, 0.4) is 0 Å². The van der Waals surface area contributed by atoms with E-state index < -0.39 is 12.1 Å². The zero-order valence-corrected chi connectivity index (χ0v) is 18.2. The fourth-order valence-electron chi connectivity index (χ4n) is 4.29. The van der Waals surface area contributed by atoms with Crippen molar-refractivity contribution < 1.29 is 23.9 Å². The third kappa shape index (κ3) is 4.31. The summed E-state index contributed by atoms with van der Waals surface area (Å²) >= 11 is 0. The zero-order valence-electron chi connectivity index (χ0n) is 18.2. The standard InChI is InChI=1S/C24H27N3O5/c1-31-18-9-5-16(6-10-18)14-27-23(29)22-20(4-3-13-25-22)26(24(27)30)15-21(28)17-7-11-19(32-2)12-8-17/h5-12,20,22,25H,3-4,13-15H2,1-2H3. The summed E-state index contributed by atoms with van der Waals surface area (Å²) < 4.78 is 10.3. The molecular weight excluding hydrogens is 410 g/mol. The number of hydrogen-bond donors (Lipinski definition) is 1. The Kier molecular flexibility index (Phi) is 6.41. The highest BCUT2D eigenvalue weighted by molar-refractivity contribution is 6.04. The van der Waals surface area contributed by atoms with Crippen LogP contribution in [0.2, 0.25) is 0 Å². The van der Waals surface area contributed by atoms with Crippen LogP contribution in [0.15, 0.2) is 48.5 Å². The second kappa shape index (κ2) is 9.40. The van der Waals surface area contributed by atoms with Crippen LogP contribution in [-0.4, -0.2) is 66.9 Å². The molecule has 2 saturated heterocycles. The molecule has 2 aromatic carbocycles. The maximum atomic E-state index is 13.4. The van der Waals surface area contributed by atoms with Gasteiger partial charge < -0.3 is 19.7 Å². The smallest absolute Gasteiger partial charge is 0.327 e. The Balaban J connectivity index is 1.56. The van der Waals surface area contributed by atoms with Gasteiger partial charge in [-0.05, 0) is 61.3 Å². The first-order chi connectivity index (χ1) is 15.5. The summed E-state index contributed by atoms with van der Waals surface area (Å²) in [7, 11) is 3.15. The lowest BCUT2D eigenvalue weighted by Gasteiger charge is -2.46. The molecule has 0 aliphatic carbocycles. The van der Waals surface area contributed by atoms with Gasteiger partial charge in [-0.15, -0.1) is 0 Å². The second-order valence-corrected chi connectivity index (χ2v) is 7.98. The number of nitrogens with one attached hydrogen (secondary N) is 1. The Morgan fingerprint density at radius 2 is 1.62 bits per heavy atom.